The molecule has 1 rings (SSSR count). The van der Waals surface area contributed by atoms with Crippen molar-refractivity contribution in [1.29, 1.82) is 0 Å². The Morgan fingerprint density at radius 2 is 1.87 bits per heavy atom. The molecular formula is C13H18O2. The van der Waals surface area contributed by atoms with Crippen molar-refractivity contribution in [3.05, 3.63) is 35.9 Å². The van der Waals surface area contributed by atoms with E-state index < -0.39 is 5.60 Å². The normalized spacial score (nSPS) is 14.6. The highest BCUT2D eigenvalue weighted by Crippen LogP contribution is 2.30. The Hall–Kier alpha value is -1.15. The highest BCUT2D eigenvalue weighted by molar-refractivity contribution is 5.88. The molecule has 1 aromatic rings. The van der Waals surface area contributed by atoms with E-state index in [0.29, 0.717) is 12.8 Å². The molecule has 0 saturated heterocycles. The van der Waals surface area contributed by atoms with E-state index in [1.54, 1.807) is 7.11 Å². The summed E-state index contributed by atoms with van der Waals surface area (Å²) in [5.41, 5.74) is 0.192. The van der Waals surface area contributed by atoms with Crippen LogP contribution in [-0.4, -0.2) is 12.9 Å². The van der Waals surface area contributed by atoms with E-state index in [1.165, 1.54) is 0 Å². The molecule has 0 amide bonds. The highest BCUT2D eigenvalue weighted by atomic mass is 16.5. The molecule has 0 radical (unpaired) electrons. The Morgan fingerprint density at radius 1 is 1.27 bits per heavy atom. The second kappa shape index (κ2) is 5.08. The lowest BCUT2D eigenvalue weighted by Gasteiger charge is -2.30. The Kier molecular flexibility index (Phi) is 4.04. The second-order valence-electron chi connectivity index (χ2n) is 3.53. The maximum atomic E-state index is 12.0. The Morgan fingerprint density at radius 3 is 2.27 bits per heavy atom. The first-order valence-corrected chi connectivity index (χ1v) is 5.35. The summed E-state index contributed by atoms with van der Waals surface area (Å²) >= 11 is 0. The predicted molar refractivity (Wildman–Crippen MR) is 60.7 cm³/mol. The molecule has 0 aliphatic heterocycles. The van der Waals surface area contributed by atoms with Crippen LogP contribution >= 0.6 is 0 Å². The molecular weight excluding hydrogens is 188 g/mol. The van der Waals surface area contributed by atoms with Crippen LogP contribution in [-0.2, 0) is 15.1 Å². The minimum atomic E-state index is -0.754. The van der Waals surface area contributed by atoms with E-state index >= 15 is 0 Å². The van der Waals surface area contributed by atoms with Crippen molar-refractivity contribution in [3.63, 3.8) is 0 Å². The quantitative estimate of drug-likeness (QED) is 0.740. The zero-order chi connectivity index (χ0) is 11.3. The third kappa shape index (κ3) is 2.10. The number of methoxy groups -OCH3 is 1. The van der Waals surface area contributed by atoms with Gasteiger partial charge in [-0.2, -0.15) is 0 Å². The molecule has 0 aliphatic carbocycles. The lowest BCUT2D eigenvalue weighted by atomic mass is 9.85. The molecule has 0 aromatic heterocycles. The van der Waals surface area contributed by atoms with Crippen LogP contribution < -0.4 is 0 Å². The summed E-state index contributed by atoms with van der Waals surface area (Å²) < 4.78 is 5.48. The number of carbonyl (C=O) groups is 1. The van der Waals surface area contributed by atoms with Gasteiger partial charge in [-0.05, 0) is 12.0 Å². The minimum absolute atomic E-state index is 0.138. The van der Waals surface area contributed by atoms with Gasteiger partial charge >= 0.3 is 0 Å². The number of ether oxygens (including phenoxy) is 1. The highest BCUT2D eigenvalue weighted by Gasteiger charge is 2.36. The number of hydrogen-bond acceptors (Lipinski definition) is 2. The molecule has 0 spiro atoms. The number of Topliss-reactive ketones (excluding diaryl/α,β-unsaturated/α-hetero) is 1. The monoisotopic (exact) mass is 206 g/mol. The van der Waals surface area contributed by atoms with Crippen LogP contribution in [0.1, 0.15) is 32.3 Å². The van der Waals surface area contributed by atoms with E-state index in [0.717, 1.165) is 5.56 Å². The Bertz CT molecular complexity index is 313. The molecule has 0 N–H and O–H groups in total. The van der Waals surface area contributed by atoms with Crippen molar-refractivity contribution in [3.8, 4) is 0 Å². The first-order valence-electron chi connectivity index (χ1n) is 5.35. The molecule has 0 saturated carbocycles. The molecule has 0 bridgehead atoms. The van der Waals surface area contributed by atoms with Crippen LogP contribution in [0.3, 0.4) is 0 Å². The molecule has 1 aromatic carbocycles. The largest absolute Gasteiger partial charge is 0.366 e. The summed E-state index contributed by atoms with van der Waals surface area (Å²) in [7, 11) is 1.60. The zero-order valence-corrected chi connectivity index (χ0v) is 9.62. The summed E-state index contributed by atoms with van der Waals surface area (Å²) in [4.78, 5) is 12.0. The lowest BCUT2D eigenvalue weighted by Crippen LogP contribution is -2.36. The molecule has 0 heterocycles. The smallest absolute Gasteiger partial charge is 0.168 e. The number of hydrogen-bond donors (Lipinski definition) is 0. The zero-order valence-electron chi connectivity index (χ0n) is 9.62. The number of benzene rings is 1. The molecule has 2 nitrogen and oxygen atoms in total. The Labute approximate surface area is 91.3 Å². The van der Waals surface area contributed by atoms with Crippen molar-refractivity contribution >= 4 is 5.78 Å². The third-order valence-electron chi connectivity index (χ3n) is 2.86. The molecule has 82 valence electrons. The van der Waals surface area contributed by atoms with Crippen LogP contribution in [0.25, 0.3) is 0 Å². The van der Waals surface area contributed by atoms with Gasteiger partial charge in [-0.3, -0.25) is 4.79 Å². The third-order valence-corrected chi connectivity index (χ3v) is 2.86. The van der Waals surface area contributed by atoms with Gasteiger partial charge < -0.3 is 4.74 Å². The molecule has 1 unspecified atom stereocenters. The van der Waals surface area contributed by atoms with Gasteiger partial charge in [0.25, 0.3) is 0 Å². The van der Waals surface area contributed by atoms with E-state index in [2.05, 4.69) is 0 Å². The van der Waals surface area contributed by atoms with Crippen LogP contribution in [0.4, 0.5) is 0 Å². The summed E-state index contributed by atoms with van der Waals surface area (Å²) in [5.74, 6) is 0.138. The summed E-state index contributed by atoms with van der Waals surface area (Å²) in [6, 6.07) is 9.69. The fourth-order valence-corrected chi connectivity index (χ4v) is 1.93. The maximum absolute atomic E-state index is 12.0. The average molecular weight is 206 g/mol. The van der Waals surface area contributed by atoms with Gasteiger partial charge in [-0.25, -0.2) is 0 Å². The van der Waals surface area contributed by atoms with Gasteiger partial charge in [0.1, 0.15) is 0 Å². The number of ketones is 1. The predicted octanol–water partition coefficient (Wildman–Crippen LogP) is 2.92. The van der Waals surface area contributed by atoms with Gasteiger partial charge in [0.05, 0.1) is 0 Å². The molecule has 2 heteroatoms. The first kappa shape index (κ1) is 11.9. The standard InChI is InChI=1S/C13H18O2/c1-4-12(14)13(5-2,15-3)11-9-7-6-8-10-11/h6-10H,4-5H2,1-3H3. The van der Waals surface area contributed by atoms with Crippen molar-refractivity contribution in [2.45, 2.75) is 32.3 Å². The van der Waals surface area contributed by atoms with E-state index in [9.17, 15) is 4.79 Å². The van der Waals surface area contributed by atoms with Gasteiger partial charge in [0, 0.05) is 13.5 Å². The van der Waals surface area contributed by atoms with Crippen molar-refractivity contribution in [2.75, 3.05) is 7.11 Å². The minimum Gasteiger partial charge on any atom is -0.366 e. The van der Waals surface area contributed by atoms with E-state index in [-0.39, 0.29) is 5.78 Å². The van der Waals surface area contributed by atoms with Gasteiger partial charge in [0.15, 0.2) is 11.4 Å². The van der Waals surface area contributed by atoms with E-state index in [1.807, 2.05) is 44.2 Å². The van der Waals surface area contributed by atoms with E-state index in [4.69, 9.17) is 4.74 Å². The Balaban J connectivity index is 3.17. The molecule has 0 fully saturated rings. The average Bonchev–Trinajstić information content (AvgIpc) is 2.32. The maximum Gasteiger partial charge on any atom is 0.168 e. The fraction of sp³-hybridized carbons (Fsp3) is 0.462. The van der Waals surface area contributed by atoms with Crippen LogP contribution in [0.5, 0.6) is 0 Å². The van der Waals surface area contributed by atoms with Crippen molar-refractivity contribution in [1.82, 2.24) is 0 Å². The van der Waals surface area contributed by atoms with Gasteiger partial charge in [-0.15, -0.1) is 0 Å². The fourth-order valence-electron chi connectivity index (χ4n) is 1.93. The first-order chi connectivity index (χ1) is 7.21. The molecule has 1 atom stereocenters. The van der Waals surface area contributed by atoms with Gasteiger partial charge in [-0.1, -0.05) is 44.2 Å². The second-order valence-corrected chi connectivity index (χ2v) is 3.53. The molecule has 15 heavy (non-hydrogen) atoms. The topological polar surface area (TPSA) is 26.3 Å². The van der Waals surface area contributed by atoms with Crippen molar-refractivity contribution in [2.24, 2.45) is 0 Å². The number of carbonyl (C=O) groups excluding carboxylic acids is 1. The molecule has 0 aliphatic rings. The van der Waals surface area contributed by atoms with Gasteiger partial charge in [0.2, 0.25) is 0 Å². The lowest BCUT2D eigenvalue weighted by molar-refractivity contribution is -0.142. The van der Waals surface area contributed by atoms with Crippen molar-refractivity contribution < 1.29 is 9.53 Å². The number of rotatable bonds is 5. The van der Waals surface area contributed by atoms with Crippen LogP contribution in [0.15, 0.2) is 30.3 Å². The SMILES string of the molecule is CCC(=O)C(CC)(OC)c1ccccc1. The summed E-state index contributed by atoms with van der Waals surface area (Å²) in [6.45, 7) is 3.85. The summed E-state index contributed by atoms with van der Waals surface area (Å²) in [5, 5.41) is 0. The van der Waals surface area contributed by atoms with Crippen LogP contribution in [0.2, 0.25) is 0 Å². The van der Waals surface area contributed by atoms with Crippen LogP contribution in [0, 0.1) is 0 Å². The summed E-state index contributed by atoms with van der Waals surface area (Å²) in [6.07, 6.45) is 1.16.